The fraction of sp³-hybridized carbons (Fsp3) is 0.647. The summed E-state index contributed by atoms with van der Waals surface area (Å²) < 4.78 is 18.3. The molecule has 1 aliphatic rings. The zero-order valence-electron chi connectivity index (χ0n) is 13.1. The van der Waals surface area contributed by atoms with Crippen LogP contribution in [0.3, 0.4) is 0 Å². The fourth-order valence-electron chi connectivity index (χ4n) is 3.01. The molecule has 1 N–H and O–H groups in total. The minimum atomic E-state index is -0.758. The van der Waals surface area contributed by atoms with Gasteiger partial charge in [0.25, 0.3) is 0 Å². The third-order valence-electron chi connectivity index (χ3n) is 4.05. The molecular formula is C17H27NO2S. The first kappa shape index (κ1) is 16.5. The van der Waals surface area contributed by atoms with Crippen LogP contribution in [0.2, 0.25) is 0 Å². The molecule has 0 aliphatic heterocycles. The van der Waals surface area contributed by atoms with Gasteiger partial charge in [0.1, 0.15) is 5.75 Å². The summed E-state index contributed by atoms with van der Waals surface area (Å²) in [5.74, 6) is 1.59. The van der Waals surface area contributed by atoms with Gasteiger partial charge in [0.05, 0.1) is 6.61 Å². The molecule has 3 nitrogen and oxygen atoms in total. The number of ether oxygens (including phenoxy) is 1. The van der Waals surface area contributed by atoms with Crippen molar-refractivity contribution < 1.29 is 8.95 Å². The molecule has 0 radical (unpaired) electrons. The van der Waals surface area contributed by atoms with Crippen molar-refractivity contribution in [3.05, 3.63) is 29.8 Å². The van der Waals surface area contributed by atoms with Gasteiger partial charge in [-0.25, -0.2) is 0 Å². The molecule has 0 saturated heterocycles. The van der Waals surface area contributed by atoms with Gasteiger partial charge in [-0.15, -0.1) is 0 Å². The summed E-state index contributed by atoms with van der Waals surface area (Å²) in [4.78, 5) is 0. The second-order valence-corrected chi connectivity index (χ2v) is 7.30. The van der Waals surface area contributed by atoms with Crippen molar-refractivity contribution in [3.63, 3.8) is 0 Å². The Morgan fingerprint density at radius 1 is 1.29 bits per heavy atom. The second kappa shape index (κ2) is 8.54. The topological polar surface area (TPSA) is 38.3 Å². The molecule has 0 spiro atoms. The van der Waals surface area contributed by atoms with Gasteiger partial charge < -0.3 is 10.1 Å². The van der Waals surface area contributed by atoms with Crippen molar-refractivity contribution in [2.75, 3.05) is 18.9 Å². The maximum absolute atomic E-state index is 12.6. The molecule has 2 rings (SSSR count). The summed E-state index contributed by atoms with van der Waals surface area (Å²) in [6.07, 6.45) is 4.72. The van der Waals surface area contributed by atoms with E-state index in [2.05, 4.69) is 18.3 Å². The first-order chi connectivity index (χ1) is 10.3. The van der Waals surface area contributed by atoms with E-state index in [0.29, 0.717) is 17.6 Å². The molecule has 21 heavy (non-hydrogen) atoms. The molecule has 1 aromatic carbocycles. The van der Waals surface area contributed by atoms with E-state index in [1.54, 1.807) is 0 Å². The molecular weight excluding hydrogens is 282 g/mol. The minimum Gasteiger partial charge on any atom is -0.494 e. The van der Waals surface area contributed by atoms with E-state index < -0.39 is 10.8 Å². The van der Waals surface area contributed by atoms with Crippen LogP contribution in [0.4, 0.5) is 0 Å². The molecule has 2 unspecified atom stereocenters. The van der Waals surface area contributed by atoms with E-state index in [1.165, 1.54) is 12.8 Å². The molecule has 1 saturated carbocycles. The molecule has 118 valence electrons. The highest BCUT2D eigenvalue weighted by Gasteiger charge is 2.25. The number of hydrogen-bond acceptors (Lipinski definition) is 3. The van der Waals surface area contributed by atoms with Gasteiger partial charge in [0, 0.05) is 33.4 Å². The highest BCUT2D eigenvalue weighted by Crippen LogP contribution is 2.29. The summed E-state index contributed by atoms with van der Waals surface area (Å²) in [7, 11) is -0.758. The third kappa shape index (κ3) is 4.55. The van der Waals surface area contributed by atoms with Crippen LogP contribution >= 0.6 is 0 Å². The standard InChI is InChI=1S/C17H27NO2S/c1-3-18-16(13-21(19)14-9-5-6-10-14)15-11-7-8-12-17(15)20-4-2/h7-8,11-12,14,16,18H,3-6,9-10,13H2,1-2H3. The van der Waals surface area contributed by atoms with Gasteiger partial charge in [0.2, 0.25) is 0 Å². The Kier molecular flexibility index (Phi) is 6.71. The van der Waals surface area contributed by atoms with E-state index >= 15 is 0 Å². The van der Waals surface area contributed by atoms with Crippen LogP contribution in [0, 0.1) is 0 Å². The maximum atomic E-state index is 12.6. The first-order valence-corrected chi connectivity index (χ1v) is 9.46. The molecule has 0 bridgehead atoms. The molecule has 1 aliphatic carbocycles. The largest absolute Gasteiger partial charge is 0.494 e. The van der Waals surface area contributed by atoms with Gasteiger partial charge in [-0.05, 0) is 32.4 Å². The number of benzene rings is 1. The number of nitrogens with one attached hydrogen (secondary N) is 1. The van der Waals surface area contributed by atoms with Crippen LogP contribution in [-0.4, -0.2) is 28.4 Å². The van der Waals surface area contributed by atoms with Crippen molar-refractivity contribution >= 4 is 10.8 Å². The van der Waals surface area contributed by atoms with Crippen molar-refractivity contribution in [1.82, 2.24) is 5.32 Å². The highest BCUT2D eigenvalue weighted by molar-refractivity contribution is 7.85. The Balaban J connectivity index is 2.12. The molecule has 2 atom stereocenters. The van der Waals surface area contributed by atoms with Crippen molar-refractivity contribution in [1.29, 1.82) is 0 Å². The van der Waals surface area contributed by atoms with E-state index in [0.717, 1.165) is 30.7 Å². The van der Waals surface area contributed by atoms with E-state index in [9.17, 15) is 4.21 Å². The van der Waals surface area contributed by atoms with Gasteiger partial charge in [-0.3, -0.25) is 4.21 Å². The van der Waals surface area contributed by atoms with Crippen molar-refractivity contribution in [2.45, 2.75) is 50.8 Å². The monoisotopic (exact) mass is 309 g/mol. The van der Waals surface area contributed by atoms with Gasteiger partial charge in [0.15, 0.2) is 0 Å². The molecule has 1 fully saturated rings. The SMILES string of the molecule is CCNC(CS(=O)C1CCCC1)c1ccccc1OCC. The Hall–Kier alpha value is -0.870. The molecule has 4 heteroatoms. The van der Waals surface area contributed by atoms with Crippen LogP contribution in [0.15, 0.2) is 24.3 Å². The fourth-order valence-corrected chi connectivity index (χ4v) is 4.77. The number of hydrogen-bond donors (Lipinski definition) is 1. The van der Waals surface area contributed by atoms with Crippen LogP contribution in [0.1, 0.15) is 51.1 Å². The van der Waals surface area contributed by atoms with Crippen LogP contribution in [0.5, 0.6) is 5.75 Å². The predicted octanol–water partition coefficient (Wildman–Crippen LogP) is 3.43. The van der Waals surface area contributed by atoms with E-state index in [1.807, 2.05) is 25.1 Å². The lowest BCUT2D eigenvalue weighted by Crippen LogP contribution is -2.29. The lowest BCUT2D eigenvalue weighted by molar-refractivity contribution is 0.333. The Labute approximate surface area is 130 Å². The summed E-state index contributed by atoms with van der Waals surface area (Å²) in [6.45, 7) is 5.61. The highest BCUT2D eigenvalue weighted by atomic mass is 32.2. The Bertz CT molecular complexity index is 458. The smallest absolute Gasteiger partial charge is 0.124 e. The normalized spacial score (nSPS) is 18.6. The molecule has 0 heterocycles. The van der Waals surface area contributed by atoms with Crippen molar-refractivity contribution in [2.24, 2.45) is 0 Å². The molecule has 1 aromatic rings. The maximum Gasteiger partial charge on any atom is 0.124 e. The van der Waals surface area contributed by atoms with E-state index in [-0.39, 0.29) is 6.04 Å². The van der Waals surface area contributed by atoms with E-state index in [4.69, 9.17) is 4.74 Å². The predicted molar refractivity (Wildman–Crippen MR) is 89.3 cm³/mol. The van der Waals surface area contributed by atoms with Gasteiger partial charge in [-0.1, -0.05) is 38.0 Å². The lowest BCUT2D eigenvalue weighted by atomic mass is 10.1. The zero-order chi connectivity index (χ0) is 15.1. The second-order valence-electron chi connectivity index (χ2n) is 5.53. The average Bonchev–Trinajstić information content (AvgIpc) is 3.02. The molecule has 0 amide bonds. The summed E-state index contributed by atoms with van der Waals surface area (Å²) in [5.41, 5.74) is 1.13. The molecule has 0 aromatic heterocycles. The quantitative estimate of drug-likeness (QED) is 0.799. The summed E-state index contributed by atoms with van der Waals surface area (Å²) in [6, 6.07) is 8.22. The lowest BCUT2D eigenvalue weighted by Gasteiger charge is -2.22. The zero-order valence-corrected chi connectivity index (χ0v) is 14.0. The average molecular weight is 309 g/mol. The van der Waals surface area contributed by atoms with Crippen LogP contribution in [0.25, 0.3) is 0 Å². The number of para-hydroxylation sites is 1. The third-order valence-corrected chi connectivity index (χ3v) is 5.93. The van der Waals surface area contributed by atoms with Gasteiger partial charge >= 0.3 is 0 Å². The summed E-state index contributed by atoms with van der Waals surface area (Å²) >= 11 is 0. The minimum absolute atomic E-state index is 0.110. The summed E-state index contributed by atoms with van der Waals surface area (Å²) in [5, 5.41) is 3.87. The Morgan fingerprint density at radius 2 is 2.00 bits per heavy atom. The Morgan fingerprint density at radius 3 is 2.67 bits per heavy atom. The number of rotatable bonds is 8. The first-order valence-electron chi connectivity index (χ1n) is 8.08. The van der Waals surface area contributed by atoms with Crippen LogP contribution in [-0.2, 0) is 10.8 Å². The van der Waals surface area contributed by atoms with Crippen LogP contribution < -0.4 is 10.1 Å². The van der Waals surface area contributed by atoms with Gasteiger partial charge in [-0.2, -0.15) is 0 Å². The van der Waals surface area contributed by atoms with Crippen molar-refractivity contribution in [3.8, 4) is 5.75 Å².